The number of aromatic amines is 1. The molecule has 0 aliphatic heterocycles. The van der Waals surface area contributed by atoms with E-state index in [4.69, 9.17) is 10.3 Å². The van der Waals surface area contributed by atoms with Gasteiger partial charge in [-0.15, -0.1) is 0 Å². The van der Waals surface area contributed by atoms with Crippen LogP contribution in [0.4, 0.5) is 5.69 Å². The smallest absolute Gasteiger partial charge is 0.408 e. The Morgan fingerprint density at radius 2 is 2.33 bits per heavy atom. The number of nitrogens with one attached hydrogen (secondary N) is 2. The van der Waals surface area contributed by atoms with E-state index >= 15 is 0 Å². The molecule has 0 aliphatic carbocycles. The van der Waals surface area contributed by atoms with Crippen LogP contribution in [0.5, 0.6) is 0 Å². The average Bonchev–Trinajstić information content (AvgIpc) is 2.43. The predicted octanol–water partition coefficient (Wildman–Crippen LogP) is 0.407. The average molecular weight is 165 g/mol. The van der Waals surface area contributed by atoms with Gasteiger partial charge in [0.25, 0.3) is 0 Å². The van der Waals surface area contributed by atoms with E-state index in [2.05, 4.69) is 10.4 Å². The molecule has 12 heavy (non-hydrogen) atoms. The van der Waals surface area contributed by atoms with Gasteiger partial charge in [0, 0.05) is 0 Å². The zero-order chi connectivity index (χ0) is 8.55. The highest BCUT2D eigenvalue weighted by atomic mass is 16.4. The second-order valence-corrected chi connectivity index (χ2v) is 2.37. The van der Waals surface area contributed by atoms with E-state index in [-0.39, 0.29) is 0 Å². The largest absolute Gasteiger partial charge is 0.417 e. The lowest BCUT2D eigenvalue weighted by Gasteiger charge is -1.96. The van der Waals surface area contributed by atoms with Gasteiger partial charge in [-0.05, 0) is 18.2 Å². The fourth-order valence-electron chi connectivity index (χ4n) is 1.04. The molecule has 0 aliphatic rings. The zero-order valence-electron chi connectivity index (χ0n) is 6.13. The number of hydrazine groups is 1. The van der Waals surface area contributed by atoms with Gasteiger partial charge in [-0.1, -0.05) is 0 Å². The van der Waals surface area contributed by atoms with Gasteiger partial charge in [0.1, 0.15) is 0 Å². The predicted molar refractivity (Wildman–Crippen MR) is 44.6 cm³/mol. The van der Waals surface area contributed by atoms with Gasteiger partial charge in [0.2, 0.25) is 0 Å². The summed E-state index contributed by atoms with van der Waals surface area (Å²) in [7, 11) is 0. The monoisotopic (exact) mass is 165 g/mol. The van der Waals surface area contributed by atoms with Crippen molar-refractivity contribution in [1.29, 1.82) is 0 Å². The highest BCUT2D eigenvalue weighted by Crippen LogP contribution is 2.14. The van der Waals surface area contributed by atoms with Crippen molar-refractivity contribution in [2.75, 3.05) is 5.43 Å². The van der Waals surface area contributed by atoms with Gasteiger partial charge < -0.3 is 9.84 Å². The third-order valence-electron chi connectivity index (χ3n) is 1.59. The Kier molecular flexibility index (Phi) is 1.38. The van der Waals surface area contributed by atoms with E-state index < -0.39 is 5.76 Å². The Bertz CT molecular complexity index is 457. The van der Waals surface area contributed by atoms with Crippen LogP contribution in [0.15, 0.2) is 27.4 Å². The van der Waals surface area contributed by atoms with E-state index in [1.54, 1.807) is 18.2 Å². The summed E-state index contributed by atoms with van der Waals surface area (Å²) in [5.74, 6) is 4.72. The van der Waals surface area contributed by atoms with E-state index in [0.717, 1.165) is 5.69 Å². The molecule has 0 fully saturated rings. The summed E-state index contributed by atoms with van der Waals surface area (Å²) >= 11 is 0. The van der Waals surface area contributed by atoms with Crippen LogP contribution in [-0.2, 0) is 0 Å². The second kappa shape index (κ2) is 2.38. The fraction of sp³-hybridized carbons (Fsp3) is 0. The standard InChI is InChI=1S/C7H7N3O2/c8-10-4-1-2-6-5(3-4)9-7(11)12-6/h1-3,10H,8H2,(H,9,11). The lowest BCUT2D eigenvalue weighted by atomic mass is 10.3. The molecule has 0 amide bonds. The summed E-state index contributed by atoms with van der Waals surface area (Å²) in [5.41, 5.74) is 4.35. The van der Waals surface area contributed by atoms with Crippen molar-refractivity contribution in [3.05, 3.63) is 28.7 Å². The summed E-state index contributed by atoms with van der Waals surface area (Å²) < 4.78 is 4.79. The van der Waals surface area contributed by atoms with Crippen molar-refractivity contribution >= 4 is 16.8 Å². The number of nitrogen functional groups attached to an aromatic ring is 1. The Balaban J connectivity index is 2.74. The molecule has 1 heterocycles. The number of hydrogen-bond donors (Lipinski definition) is 3. The van der Waals surface area contributed by atoms with Crippen molar-refractivity contribution in [3.63, 3.8) is 0 Å². The first kappa shape index (κ1) is 6.93. The minimum Gasteiger partial charge on any atom is -0.408 e. The molecule has 0 spiro atoms. The molecule has 0 saturated carbocycles. The first-order valence-electron chi connectivity index (χ1n) is 3.39. The molecule has 0 saturated heterocycles. The normalized spacial score (nSPS) is 10.4. The van der Waals surface area contributed by atoms with Crippen LogP contribution >= 0.6 is 0 Å². The van der Waals surface area contributed by atoms with Crippen LogP contribution in [0.2, 0.25) is 0 Å². The number of fused-ring (bicyclic) bond motifs is 1. The molecule has 4 N–H and O–H groups in total. The van der Waals surface area contributed by atoms with Crippen molar-refractivity contribution in [2.45, 2.75) is 0 Å². The van der Waals surface area contributed by atoms with Crippen LogP contribution in [0, 0.1) is 0 Å². The molecule has 1 aromatic carbocycles. The maximum atomic E-state index is 10.7. The number of aromatic nitrogens is 1. The molecule has 5 nitrogen and oxygen atoms in total. The highest BCUT2D eigenvalue weighted by Gasteiger charge is 1.99. The van der Waals surface area contributed by atoms with Crippen LogP contribution in [0.25, 0.3) is 11.1 Å². The van der Waals surface area contributed by atoms with Crippen molar-refractivity contribution < 1.29 is 4.42 Å². The number of rotatable bonds is 1. The van der Waals surface area contributed by atoms with Crippen LogP contribution < -0.4 is 17.0 Å². The van der Waals surface area contributed by atoms with Gasteiger partial charge in [-0.2, -0.15) is 0 Å². The Hall–Kier alpha value is -1.75. The lowest BCUT2D eigenvalue weighted by molar-refractivity contribution is 0.555. The number of anilines is 1. The zero-order valence-corrected chi connectivity index (χ0v) is 6.13. The molecule has 0 bridgehead atoms. The number of oxazole rings is 1. The van der Waals surface area contributed by atoms with Crippen molar-refractivity contribution in [3.8, 4) is 0 Å². The minimum absolute atomic E-state index is 0.459. The Morgan fingerprint density at radius 3 is 3.08 bits per heavy atom. The molecule has 2 rings (SSSR count). The van der Waals surface area contributed by atoms with E-state index in [1.807, 2.05) is 0 Å². The Morgan fingerprint density at radius 1 is 1.50 bits per heavy atom. The number of hydrogen-bond acceptors (Lipinski definition) is 4. The molecule has 0 radical (unpaired) electrons. The van der Waals surface area contributed by atoms with Gasteiger partial charge in [-0.25, -0.2) is 4.79 Å². The second-order valence-electron chi connectivity index (χ2n) is 2.37. The summed E-state index contributed by atoms with van der Waals surface area (Å²) in [6.07, 6.45) is 0. The van der Waals surface area contributed by atoms with Crippen LogP contribution in [0.3, 0.4) is 0 Å². The maximum Gasteiger partial charge on any atom is 0.417 e. The highest BCUT2D eigenvalue weighted by molar-refractivity contribution is 5.76. The quantitative estimate of drug-likeness (QED) is 0.422. The number of nitrogens with two attached hydrogens (primary N) is 1. The van der Waals surface area contributed by atoms with Crippen LogP contribution in [-0.4, -0.2) is 4.98 Å². The van der Waals surface area contributed by atoms with E-state index in [9.17, 15) is 4.79 Å². The molecule has 2 aromatic rings. The topological polar surface area (TPSA) is 84.0 Å². The molecule has 5 heteroatoms. The maximum absolute atomic E-state index is 10.7. The summed E-state index contributed by atoms with van der Waals surface area (Å²) in [6, 6.07) is 5.09. The van der Waals surface area contributed by atoms with Gasteiger partial charge >= 0.3 is 5.76 Å². The van der Waals surface area contributed by atoms with Crippen molar-refractivity contribution in [2.24, 2.45) is 5.84 Å². The molecule has 0 unspecified atom stereocenters. The van der Waals surface area contributed by atoms with Gasteiger partial charge in [0.05, 0.1) is 11.2 Å². The summed E-state index contributed by atoms with van der Waals surface area (Å²) in [5, 5.41) is 0. The fourth-order valence-corrected chi connectivity index (χ4v) is 1.04. The number of benzene rings is 1. The molecular formula is C7H7N3O2. The molecule has 62 valence electrons. The van der Waals surface area contributed by atoms with Gasteiger partial charge in [0.15, 0.2) is 5.58 Å². The third-order valence-corrected chi connectivity index (χ3v) is 1.59. The first-order valence-corrected chi connectivity index (χ1v) is 3.39. The minimum atomic E-state index is -0.459. The van der Waals surface area contributed by atoms with Gasteiger partial charge in [-0.3, -0.25) is 10.8 Å². The van der Waals surface area contributed by atoms with E-state index in [1.165, 1.54) is 0 Å². The SMILES string of the molecule is NNc1ccc2oc(=O)[nH]c2c1. The lowest BCUT2D eigenvalue weighted by Crippen LogP contribution is -2.06. The summed E-state index contributed by atoms with van der Waals surface area (Å²) in [6.45, 7) is 0. The third kappa shape index (κ3) is 0.960. The molecule has 1 aromatic heterocycles. The summed E-state index contributed by atoms with van der Waals surface area (Å²) in [4.78, 5) is 13.2. The first-order chi connectivity index (χ1) is 5.79. The van der Waals surface area contributed by atoms with Crippen molar-refractivity contribution in [1.82, 2.24) is 4.98 Å². The molecular weight excluding hydrogens is 158 g/mol. The van der Waals surface area contributed by atoms with Crippen LogP contribution in [0.1, 0.15) is 0 Å². The number of H-pyrrole nitrogens is 1. The Labute approximate surface area is 67.1 Å². The molecule has 0 atom stereocenters. The van der Waals surface area contributed by atoms with E-state index in [0.29, 0.717) is 11.1 Å².